The molecule has 2 atom stereocenters. The van der Waals surface area contributed by atoms with Crippen LogP contribution in [0.1, 0.15) is 201 Å². The summed E-state index contributed by atoms with van der Waals surface area (Å²) >= 11 is 0. The molecule has 18 nitrogen and oxygen atoms in total. The number of primary amides is 1. The fourth-order valence-corrected chi connectivity index (χ4v) is 8.07. The van der Waals surface area contributed by atoms with Crippen molar-refractivity contribution in [2.24, 2.45) is 28.2 Å². The highest BCUT2D eigenvalue weighted by Gasteiger charge is 2.41. The molecule has 0 saturated heterocycles. The third-order valence-electron chi connectivity index (χ3n) is 13.0. The zero-order valence-electron chi connectivity index (χ0n) is 44.4. The number of ketones is 3. The highest BCUT2D eigenvalue weighted by atomic mass is 16.5. The van der Waals surface area contributed by atoms with Gasteiger partial charge in [-0.2, -0.15) is 0 Å². The van der Waals surface area contributed by atoms with Crippen LogP contribution in [0.25, 0.3) is 0 Å². The monoisotopic (exact) mass is 1000 g/mol. The van der Waals surface area contributed by atoms with Crippen LogP contribution >= 0.6 is 0 Å². The minimum Gasteiger partial charge on any atom is -0.481 e. The third kappa shape index (κ3) is 31.5. The van der Waals surface area contributed by atoms with E-state index in [2.05, 4.69) is 25.9 Å². The Labute approximate surface area is 424 Å². The average Bonchev–Trinajstić information content (AvgIpc) is 3.81. The Morgan fingerprint density at radius 2 is 1.14 bits per heavy atom. The molecule has 4 amide bonds. The van der Waals surface area contributed by atoms with Crippen LogP contribution in [0.3, 0.4) is 0 Å². The number of carbonyl (C=O) groups excluding carboxylic acids is 7. The van der Waals surface area contributed by atoms with Gasteiger partial charge in [-0.25, -0.2) is 4.98 Å². The molecule has 1 aromatic heterocycles. The molecule has 0 aliphatic heterocycles. The maximum absolute atomic E-state index is 13.6. The first-order chi connectivity index (χ1) is 33.6. The van der Waals surface area contributed by atoms with Crippen molar-refractivity contribution in [1.82, 2.24) is 25.9 Å². The van der Waals surface area contributed by atoms with E-state index < -0.39 is 46.1 Å². The molecule has 1 rings (SSSR count). The van der Waals surface area contributed by atoms with Gasteiger partial charge in [-0.1, -0.05) is 124 Å². The van der Waals surface area contributed by atoms with Crippen LogP contribution in [0.4, 0.5) is 0 Å². The molecule has 0 fully saturated rings. The van der Waals surface area contributed by atoms with Crippen molar-refractivity contribution in [3.05, 3.63) is 18.2 Å². The van der Waals surface area contributed by atoms with Crippen molar-refractivity contribution >= 4 is 46.9 Å². The Kier molecular flexibility index (Phi) is 33.0. The van der Waals surface area contributed by atoms with Crippen LogP contribution in [-0.4, -0.2) is 113 Å². The van der Waals surface area contributed by atoms with Gasteiger partial charge in [-0.05, 0) is 39.5 Å². The number of rotatable bonds is 46. The molecule has 0 aliphatic carbocycles. The van der Waals surface area contributed by atoms with Gasteiger partial charge < -0.3 is 47.0 Å². The molecule has 9 N–H and O–H groups in total. The number of aliphatic carboxylic acids is 1. The molecule has 406 valence electrons. The number of ether oxygens (including phenoxy) is 2. The van der Waals surface area contributed by atoms with Crippen molar-refractivity contribution in [2.45, 2.75) is 214 Å². The number of H-pyrrole nitrogens is 1. The van der Waals surface area contributed by atoms with E-state index in [1.54, 1.807) is 47.7 Å². The third-order valence-corrected chi connectivity index (χ3v) is 13.0. The van der Waals surface area contributed by atoms with E-state index in [-0.39, 0.29) is 74.7 Å². The molecule has 71 heavy (non-hydrogen) atoms. The number of imidazole rings is 1. The van der Waals surface area contributed by atoms with Crippen LogP contribution in [0, 0.1) is 16.7 Å². The molecule has 1 heterocycles. The number of carboxylic acids is 1. The van der Waals surface area contributed by atoms with Gasteiger partial charge in [0, 0.05) is 80.3 Å². The second kappa shape index (κ2) is 36.4. The second-order valence-electron chi connectivity index (χ2n) is 21.1. The summed E-state index contributed by atoms with van der Waals surface area (Å²) in [6, 6.07) is -0.922. The lowest BCUT2D eigenvalue weighted by atomic mass is 9.71. The SMILES string of the molecule is CC(C)(CC(=O)C(C)(C)CC(=O)C(C)(C)NC(=O)[C@@H](N)Cc1cnc[nH]1)C(=O)C[C@@H](CCCCNC(=O)COCCOCCNC(=O)CCCCCCCCCCCCCCCCCCC(=O)O)C(N)=O. The van der Waals surface area contributed by atoms with Crippen LogP contribution in [-0.2, 0) is 54.3 Å². The zero-order valence-corrected chi connectivity index (χ0v) is 44.4. The average molecular weight is 1000 g/mol. The summed E-state index contributed by atoms with van der Waals surface area (Å²) in [7, 11) is 0. The number of nitrogens with zero attached hydrogens (tertiary/aromatic N) is 1. The van der Waals surface area contributed by atoms with Crippen molar-refractivity contribution < 1.29 is 52.9 Å². The number of carboxylic acid groups (broad SMARTS) is 1. The Balaban J connectivity index is 2.13. The molecule has 0 radical (unpaired) electrons. The number of nitrogens with one attached hydrogen (secondary N) is 4. The predicted molar refractivity (Wildman–Crippen MR) is 274 cm³/mol. The normalized spacial score (nSPS) is 12.8. The summed E-state index contributed by atoms with van der Waals surface area (Å²) in [5.41, 5.74) is 8.78. The Hall–Kier alpha value is -4.55. The number of aromatic nitrogens is 2. The molecule has 0 unspecified atom stereocenters. The van der Waals surface area contributed by atoms with E-state index in [4.69, 9.17) is 26.0 Å². The lowest BCUT2D eigenvalue weighted by molar-refractivity contribution is -0.140. The van der Waals surface area contributed by atoms with Crippen LogP contribution in [0.5, 0.6) is 0 Å². The predicted octanol–water partition coefficient (Wildman–Crippen LogP) is 6.75. The van der Waals surface area contributed by atoms with Gasteiger partial charge in [-0.3, -0.25) is 38.4 Å². The van der Waals surface area contributed by atoms with Crippen molar-refractivity contribution in [1.29, 1.82) is 0 Å². The number of carbonyl (C=O) groups is 8. The minimum atomic E-state index is -1.31. The molecular formula is C53H93N7O11. The van der Waals surface area contributed by atoms with E-state index in [9.17, 15) is 38.4 Å². The van der Waals surface area contributed by atoms with Crippen LogP contribution < -0.4 is 27.4 Å². The zero-order chi connectivity index (χ0) is 53.1. The van der Waals surface area contributed by atoms with E-state index in [1.165, 1.54) is 70.5 Å². The lowest BCUT2D eigenvalue weighted by Gasteiger charge is -2.33. The fraction of sp³-hybridized carbons (Fsp3) is 0.792. The molecule has 18 heteroatoms. The number of unbranched alkanes of at least 4 members (excludes halogenated alkanes) is 16. The second-order valence-corrected chi connectivity index (χ2v) is 21.1. The number of amides is 4. The van der Waals surface area contributed by atoms with E-state index >= 15 is 0 Å². The van der Waals surface area contributed by atoms with Gasteiger partial charge in [0.25, 0.3) is 0 Å². The largest absolute Gasteiger partial charge is 0.481 e. The topological polar surface area (TPSA) is 292 Å². The summed E-state index contributed by atoms with van der Waals surface area (Å²) in [6.45, 7) is 11.1. The van der Waals surface area contributed by atoms with E-state index in [1.807, 2.05) is 0 Å². The number of Topliss-reactive ketones (excluding diaryl/α,β-unsaturated/α-hetero) is 3. The van der Waals surface area contributed by atoms with Gasteiger partial charge >= 0.3 is 5.97 Å². The summed E-state index contributed by atoms with van der Waals surface area (Å²) < 4.78 is 10.9. The Bertz CT molecular complexity index is 1730. The van der Waals surface area contributed by atoms with Gasteiger partial charge in [0.05, 0.1) is 37.7 Å². The molecule has 0 saturated carbocycles. The van der Waals surface area contributed by atoms with Crippen LogP contribution in [0.15, 0.2) is 12.5 Å². The van der Waals surface area contributed by atoms with Crippen LogP contribution in [0.2, 0.25) is 0 Å². The maximum atomic E-state index is 13.6. The first-order valence-electron chi connectivity index (χ1n) is 26.4. The standard InChI is InChI=1S/C53H93N7O11/c1-51(2,35-44(62)52(3,4)36-45(63)53(5,6)60-50(69)42(54)34-41-37-56-39-59-41)43(61)33-40(49(55)68)25-23-24-28-57-47(65)38-71-32-31-70-30-29-58-46(64)26-21-19-17-15-13-11-9-7-8-10-12-14-16-18-20-22-27-48(66)67/h37,39-40,42H,7-36,38,54H2,1-6H3,(H2,55,68)(H,56,59)(H,57,65)(H,58,64)(H,60,69)(H,66,67)/t40-,42+/m1/s1. The summed E-state index contributed by atoms with van der Waals surface area (Å²) in [4.78, 5) is 107. The quantitative estimate of drug-likeness (QED) is 0.0333. The highest BCUT2D eigenvalue weighted by Crippen LogP contribution is 2.34. The number of hydrogen-bond donors (Lipinski definition) is 7. The Morgan fingerprint density at radius 3 is 1.68 bits per heavy atom. The van der Waals surface area contributed by atoms with E-state index in [0.717, 1.165) is 38.5 Å². The lowest BCUT2D eigenvalue weighted by Crippen LogP contribution is -2.56. The number of hydrogen-bond acceptors (Lipinski definition) is 12. The van der Waals surface area contributed by atoms with Crippen molar-refractivity contribution in [3.63, 3.8) is 0 Å². The summed E-state index contributed by atoms with van der Waals surface area (Å²) in [5, 5.41) is 17.0. The smallest absolute Gasteiger partial charge is 0.303 e. The van der Waals surface area contributed by atoms with Gasteiger partial charge in [-0.15, -0.1) is 0 Å². The highest BCUT2D eigenvalue weighted by molar-refractivity contribution is 5.99. The fourth-order valence-electron chi connectivity index (χ4n) is 8.07. The molecule has 1 aromatic rings. The van der Waals surface area contributed by atoms with Crippen molar-refractivity contribution in [2.75, 3.05) is 39.5 Å². The minimum absolute atomic E-state index is 0.0222. The number of nitrogens with two attached hydrogens (primary N) is 2. The molecule has 0 bridgehead atoms. The maximum Gasteiger partial charge on any atom is 0.303 e. The van der Waals surface area contributed by atoms with E-state index in [0.29, 0.717) is 57.5 Å². The first kappa shape index (κ1) is 64.5. The first-order valence-corrected chi connectivity index (χ1v) is 26.4. The molecule has 0 aliphatic rings. The summed E-state index contributed by atoms with van der Waals surface area (Å²) in [5.74, 6) is -3.85. The van der Waals surface area contributed by atoms with Crippen molar-refractivity contribution in [3.8, 4) is 0 Å². The molecule has 0 spiro atoms. The Morgan fingerprint density at radius 1 is 0.634 bits per heavy atom. The summed E-state index contributed by atoms with van der Waals surface area (Å²) in [6.07, 6.45) is 23.7. The molecule has 0 aromatic carbocycles. The van der Waals surface area contributed by atoms with Gasteiger partial charge in [0.15, 0.2) is 5.78 Å². The molecular weight excluding hydrogens is 911 g/mol. The van der Waals surface area contributed by atoms with Gasteiger partial charge in [0.2, 0.25) is 23.6 Å². The van der Waals surface area contributed by atoms with Gasteiger partial charge in [0.1, 0.15) is 18.2 Å². The number of aromatic amines is 1.